The number of hydrogen-bond acceptors (Lipinski definition) is 0. The van der Waals surface area contributed by atoms with Gasteiger partial charge in [0.2, 0.25) is 0 Å². The van der Waals surface area contributed by atoms with Crippen molar-refractivity contribution in [2.45, 2.75) is 113 Å². The first-order chi connectivity index (χ1) is 11.6. The summed E-state index contributed by atoms with van der Waals surface area (Å²) in [7, 11) is 0. The molecule has 2 rings (SSSR count). The van der Waals surface area contributed by atoms with E-state index in [1.165, 1.54) is 75.3 Å². The highest BCUT2D eigenvalue weighted by Gasteiger charge is 2.35. The van der Waals surface area contributed by atoms with Gasteiger partial charge in [-0.05, 0) is 111 Å². The Morgan fingerprint density at radius 1 is 0.880 bits per heavy atom. The molecule has 0 radical (unpaired) electrons. The van der Waals surface area contributed by atoms with Crippen molar-refractivity contribution in [3.8, 4) is 0 Å². The van der Waals surface area contributed by atoms with E-state index in [4.69, 9.17) is 0 Å². The minimum Gasteiger partial charge on any atom is -0.0602 e. The quantitative estimate of drug-likeness (QED) is 0.400. The zero-order valence-corrected chi connectivity index (χ0v) is 18.1. The van der Waals surface area contributed by atoms with Crippen molar-refractivity contribution in [2.75, 3.05) is 0 Å². The second-order valence-electron chi connectivity index (χ2n) is 10.4. The second kappa shape index (κ2) is 8.28. The number of aryl methyl sites for hydroxylation is 2. The molecule has 0 aromatic heterocycles. The first-order valence-corrected chi connectivity index (χ1v) is 10.7. The van der Waals surface area contributed by atoms with Gasteiger partial charge in [-0.3, -0.25) is 0 Å². The molecule has 0 amide bonds. The molecule has 1 fully saturated rings. The molecule has 0 unspecified atom stereocenters. The fourth-order valence-electron chi connectivity index (χ4n) is 4.08. The fourth-order valence-corrected chi connectivity index (χ4v) is 4.08. The maximum atomic E-state index is 2.50. The van der Waals surface area contributed by atoms with Gasteiger partial charge >= 0.3 is 0 Å². The Bertz CT molecular complexity index is 567. The van der Waals surface area contributed by atoms with E-state index < -0.39 is 0 Å². The Balaban J connectivity index is 1.95. The molecule has 1 aromatic rings. The largest absolute Gasteiger partial charge is 0.0602 e. The van der Waals surface area contributed by atoms with Crippen LogP contribution in [0.2, 0.25) is 0 Å². The summed E-state index contributed by atoms with van der Waals surface area (Å²) in [5, 5.41) is 0. The van der Waals surface area contributed by atoms with Crippen LogP contribution in [-0.4, -0.2) is 0 Å². The van der Waals surface area contributed by atoms with Crippen LogP contribution in [0, 0.1) is 31.6 Å². The molecule has 1 aliphatic rings. The van der Waals surface area contributed by atoms with Crippen molar-refractivity contribution in [3.63, 3.8) is 0 Å². The number of unbranched alkanes of at least 4 members (excludes halogenated alkanes) is 2. The van der Waals surface area contributed by atoms with E-state index in [1.807, 2.05) is 0 Å². The topological polar surface area (TPSA) is 0 Å². The van der Waals surface area contributed by atoms with Gasteiger partial charge in [0.15, 0.2) is 0 Å². The van der Waals surface area contributed by atoms with E-state index in [0.29, 0.717) is 10.8 Å². The van der Waals surface area contributed by atoms with Gasteiger partial charge in [0.05, 0.1) is 0 Å². The van der Waals surface area contributed by atoms with Crippen LogP contribution in [0.25, 0.3) is 0 Å². The molecule has 0 aliphatic heterocycles. The molecule has 0 bridgehead atoms. The molecule has 1 aliphatic carbocycles. The van der Waals surface area contributed by atoms with Crippen molar-refractivity contribution < 1.29 is 0 Å². The molecular formula is C25H42. The van der Waals surface area contributed by atoms with Gasteiger partial charge in [-0.2, -0.15) is 0 Å². The Labute approximate surface area is 157 Å². The Morgan fingerprint density at radius 3 is 2.12 bits per heavy atom. The maximum Gasteiger partial charge on any atom is -0.0273 e. The van der Waals surface area contributed by atoms with Gasteiger partial charge in [-0.15, -0.1) is 0 Å². The first kappa shape index (κ1) is 20.5. The van der Waals surface area contributed by atoms with Crippen LogP contribution in [0.15, 0.2) is 6.07 Å². The molecular weight excluding hydrogens is 300 g/mol. The lowest BCUT2D eigenvalue weighted by Crippen LogP contribution is -2.06. The minimum atomic E-state index is 0.473. The van der Waals surface area contributed by atoms with E-state index >= 15 is 0 Å². The molecule has 142 valence electrons. The lowest BCUT2D eigenvalue weighted by Gasteiger charge is -2.20. The summed E-state index contributed by atoms with van der Waals surface area (Å²) in [5.74, 6) is 0. The van der Waals surface area contributed by atoms with Gasteiger partial charge in [0, 0.05) is 0 Å². The van der Waals surface area contributed by atoms with Gasteiger partial charge in [0.25, 0.3) is 0 Å². The molecule has 1 saturated carbocycles. The fraction of sp³-hybridized carbons (Fsp3) is 0.760. The highest BCUT2D eigenvalue weighted by molar-refractivity contribution is 5.44. The Morgan fingerprint density at radius 2 is 1.52 bits per heavy atom. The van der Waals surface area contributed by atoms with Crippen LogP contribution < -0.4 is 0 Å². The molecule has 1 aromatic carbocycles. The van der Waals surface area contributed by atoms with Crippen LogP contribution >= 0.6 is 0 Å². The molecule has 0 heteroatoms. The third kappa shape index (κ3) is 6.46. The first-order valence-electron chi connectivity index (χ1n) is 10.7. The highest BCUT2D eigenvalue weighted by Crippen LogP contribution is 2.49. The zero-order valence-electron chi connectivity index (χ0n) is 18.1. The number of hydrogen-bond donors (Lipinski definition) is 0. The summed E-state index contributed by atoms with van der Waals surface area (Å²) in [6, 6.07) is 2.50. The summed E-state index contributed by atoms with van der Waals surface area (Å²) >= 11 is 0. The maximum absolute atomic E-state index is 2.50. The molecule has 0 N–H and O–H groups in total. The molecule has 0 spiro atoms. The van der Waals surface area contributed by atoms with Crippen molar-refractivity contribution in [2.24, 2.45) is 10.8 Å². The van der Waals surface area contributed by atoms with Crippen LogP contribution in [-0.2, 0) is 12.8 Å². The third-order valence-electron chi connectivity index (χ3n) is 6.57. The highest BCUT2D eigenvalue weighted by atomic mass is 14.4. The van der Waals surface area contributed by atoms with Gasteiger partial charge < -0.3 is 0 Å². The van der Waals surface area contributed by atoms with Crippen LogP contribution in [0.4, 0.5) is 0 Å². The van der Waals surface area contributed by atoms with Crippen molar-refractivity contribution in [1.82, 2.24) is 0 Å². The molecule has 0 nitrogen and oxygen atoms in total. The Kier molecular flexibility index (Phi) is 6.80. The monoisotopic (exact) mass is 342 g/mol. The molecule has 0 atom stereocenters. The molecule has 0 saturated heterocycles. The third-order valence-corrected chi connectivity index (χ3v) is 6.57. The average molecular weight is 343 g/mol. The van der Waals surface area contributed by atoms with E-state index in [9.17, 15) is 0 Å². The van der Waals surface area contributed by atoms with E-state index in [2.05, 4.69) is 54.5 Å². The summed E-state index contributed by atoms with van der Waals surface area (Å²) in [6.07, 6.45) is 13.7. The molecule has 25 heavy (non-hydrogen) atoms. The lowest BCUT2D eigenvalue weighted by atomic mass is 9.86. The predicted molar refractivity (Wildman–Crippen MR) is 113 cm³/mol. The van der Waals surface area contributed by atoms with Gasteiger partial charge in [-0.1, -0.05) is 46.6 Å². The normalized spacial score (nSPS) is 16.3. The minimum absolute atomic E-state index is 0.473. The second-order valence-corrected chi connectivity index (χ2v) is 10.4. The zero-order chi connectivity index (χ0) is 18.7. The van der Waals surface area contributed by atoms with Crippen molar-refractivity contribution in [3.05, 3.63) is 33.9 Å². The SMILES string of the molecule is Cc1cc(CCCCC(C)(C)C)c(CCCCC2(C)CC2)c(C)c1C. The van der Waals surface area contributed by atoms with Crippen molar-refractivity contribution >= 4 is 0 Å². The van der Waals surface area contributed by atoms with Crippen molar-refractivity contribution in [1.29, 1.82) is 0 Å². The summed E-state index contributed by atoms with van der Waals surface area (Å²) in [5.41, 5.74) is 9.09. The van der Waals surface area contributed by atoms with Crippen LogP contribution in [0.3, 0.4) is 0 Å². The smallest absolute Gasteiger partial charge is 0.0273 e. The standard InChI is InChI=1S/C25H42/c1-19-18-22(12-8-10-14-24(4,5)6)23(21(3)20(19)2)13-9-11-15-25(7)16-17-25/h18H,8-17H2,1-7H3. The van der Waals surface area contributed by atoms with E-state index in [1.54, 1.807) is 16.7 Å². The van der Waals surface area contributed by atoms with Gasteiger partial charge in [-0.25, -0.2) is 0 Å². The summed E-state index contributed by atoms with van der Waals surface area (Å²) in [4.78, 5) is 0. The number of benzene rings is 1. The molecule has 0 heterocycles. The lowest BCUT2D eigenvalue weighted by molar-refractivity contribution is 0.360. The van der Waals surface area contributed by atoms with Crippen LogP contribution in [0.5, 0.6) is 0 Å². The van der Waals surface area contributed by atoms with E-state index in [-0.39, 0.29) is 0 Å². The number of rotatable bonds is 9. The summed E-state index contributed by atoms with van der Waals surface area (Å²) in [6.45, 7) is 16.5. The summed E-state index contributed by atoms with van der Waals surface area (Å²) < 4.78 is 0. The Hall–Kier alpha value is -0.780. The predicted octanol–water partition coefficient (Wildman–Crippen LogP) is 7.88. The van der Waals surface area contributed by atoms with Crippen LogP contribution in [0.1, 0.15) is 107 Å². The van der Waals surface area contributed by atoms with Gasteiger partial charge in [0.1, 0.15) is 0 Å². The average Bonchev–Trinajstić information content (AvgIpc) is 3.25. The van der Waals surface area contributed by atoms with E-state index in [0.717, 1.165) is 0 Å².